The minimum atomic E-state index is -1.17. The lowest BCUT2D eigenvalue weighted by atomic mass is 10.1. The first-order chi connectivity index (χ1) is 7.02. The van der Waals surface area contributed by atoms with E-state index in [0.29, 0.717) is 13.0 Å². The number of esters is 1. The van der Waals surface area contributed by atoms with Crippen LogP contribution in [0.1, 0.15) is 33.6 Å². The normalized spacial score (nSPS) is 14.3. The van der Waals surface area contributed by atoms with E-state index in [2.05, 4.69) is 0 Å². The van der Waals surface area contributed by atoms with Gasteiger partial charge in [0.1, 0.15) is 6.04 Å². The van der Waals surface area contributed by atoms with Crippen LogP contribution in [0.2, 0.25) is 0 Å². The largest absolute Gasteiger partial charge is 0.544 e. The molecule has 0 unspecified atom stereocenters. The zero-order valence-electron chi connectivity index (χ0n) is 9.49. The molecule has 0 aliphatic heterocycles. The SMILES string of the molecule is CCC[C@H]([NH2+][C@@H](C)C(=O)[O-])C(=O)OCC. The second-order valence-electron chi connectivity index (χ2n) is 3.45. The Kier molecular flexibility index (Phi) is 6.70. The minimum absolute atomic E-state index is 0.312. The van der Waals surface area contributed by atoms with Crippen molar-refractivity contribution in [3.63, 3.8) is 0 Å². The zero-order valence-corrected chi connectivity index (χ0v) is 9.49. The number of nitrogens with two attached hydrogens (primary N) is 1. The monoisotopic (exact) mass is 217 g/mol. The fourth-order valence-electron chi connectivity index (χ4n) is 1.28. The molecule has 0 aliphatic carbocycles. The van der Waals surface area contributed by atoms with Crippen LogP contribution in [0.3, 0.4) is 0 Å². The first-order valence-electron chi connectivity index (χ1n) is 5.25. The summed E-state index contributed by atoms with van der Waals surface area (Å²) in [5.41, 5.74) is 0. The summed E-state index contributed by atoms with van der Waals surface area (Å²) >= 11 is 0. The van der Waals surface area contributed by atoms with Crippen molar-refractivity contribution in [1.82, 2.24) is 0 Å². The van der Waals surface area contributed by atoms with Gasteiger partial charge < -0.3 is 20.0 Å². The number of hydrogen-bond acceptors (Lipinski definition) is 4. The lowest BCUT2D eigenvalue weighted by Crippen LogP contribution is -2.98. The molecule has 0 amide bonds. The summed E-state index contributed by atoms with van der Waals surface area (Å²) in [6, 6.07) is -1.17. The molecule has 15 heavy (non-hydrogen) atoms. The number of quaternary nitrogens is 1. The van der Waals surface area contributed by atoms with Crippen LogP contribution < -0.4 is 10.4 Å². The number of hydrogen-bond donors (Lipinski definition) is 1. The Morgan fingerprint density at radius 2 is 2.00 bits per heavy atom. The van der Waals surface area contributed by atoms with Crippen LogP contribution in [-0.4, -0.2) is 30.6 Å². The summed E-state index contributed by atoms with van der Waals surface area (Å²) in [7, 11) is 0. The molecule has 0 bridgehead atoms. The molecular weight excluding hydrogens is 198 g/mol. The quantitative estimate of drug-likeness (QED) is 0.522. The average molecular weight is 217 g/mol. The van der Waals surface area contributed by atoms with Gasteiger partial charge in [-0.15, -0.1) is 0 Å². The summed E-state index contributed by atoms with van der Waals surface area (Å²) in [5.74, 6) is -1.52. The predicted octanol–water partition coefficient (Wildman–Crippen LogP) is -1.58. The smallest absolute Gasteiger partial charge is 0.364 e. The third-order valence-corrected chi connectivity index (χ3v) is 2.08. The van der Waals surface area contributed by atoms with Crippen molar-refractivity contribution in [3.05, 3.63) is 0 Å². The molecule has 0 aliphatic rings. The molecule has 2 atom stereocenters. The van der Waals surface area contributed by atoms with Crippen molar-refractivity contribution in [2.24, 2.45) is 0 Å². The van der Waals surface area contributed by atoms with E-state index in [-0.39, 0.29) is 5.97 Å². The first kappa shape index (κ1) is 13.9. The highest BCUT2D eigenvalue weighted by Gasteiger charge is 2.24. The Morgan fingerprint density at radius 1 is 1.40 bits per heavy atom. The van der Waals surface area contributed by atoms with Gasteiger partial charge in [0.15, 0.2) is 6.04 Å². The predicted molar refractivity (Wildman–Crippen MR) is 51.7 cm³/mol. The van der Waals surface area contributed by atoms with Crippen LogP contribution >= 0.6 is 0 Å². The van der Waals surface area contributed by atoms with Gasteiger partial charge in [-0.1, -0.05) is 6.92 Å². The fraction of sp³-hybridized carbons (Fsp3) is 0.800. The highest BCUT2D eigenvalue weighted by molar-refractivity contribution is 5.74. The van der Waals surface area contributed by atoms with Crippen LogP contribution in [0.25, 0.3) is 0 Å². The van der Waals surface area contributed by atoms with Gasteiger partial charge in [-0.05, 0) is 20.3 Å². The van der Waals surface area contributed by atoms with Crippen molar-refractivity contribution in [2.45, 2.75) is 45.7 Å². The molecule has 5 nitrogen and oxygen atoms in total. The van der Waals surface area contributed by atoms with Gasteiger partial charge in [0.25, 0.3) is 0 Å². The van der Waals surface area contributed by atoms with Crippen molar-refractivity contribution in [2.75, 3.05) is 6.61 Å². The Labute approximate surface area is 89.8 Å². The van der Waals surface area contributed by atoms with Gasteiger partial charge in [0.2, 0.25) is 0 Å². The molecule has 0 fully saturated rings. The highest BCUT2D eigenvalue weighted by atomic mass is 16.5. The lowest BCUT2D eigenvalue weighted by Gasteiger charge is -2.18. The summed E-state index contributed by atoms with van der Waals surface area (Å²) < 4.78 is 4.85. The number of ether oxygens (including phenoxy) is 1. The van der Waals surface area contributed by atoms with Gasteiger partial charge in [-0.2, -0.15) is 0 Å². The number of carbonyl (C=O) groups is 2. The Bertz CT molecular complexity index is 217. The maximum absolute atomic E-state index is 11.4. The summed E-state index contributed by atoms with van der Waals surface area (Å²) in [6.45, 7) is 5.47. The fourth-order valence-corrected chi connectivity index (χ4v) is 1.28. The van der Waals surface area contributed by atoms with Gasteiger partial charge >= 0.3 is 5.97 Å². The lowest BCUT2D eigenvalue weighted by molar-refractivity contribution is -0.702. The summed E-state index contributed by atoms with van der Waals surface area (Å²) in [6.07, 6.45) is 1.41. The van der Waals surface area contributed by atoms with Crippen molar-refractivity contribution in [3.8, 4) is 0 Å². The van der Waals surface area contributed by atoms with E-state index in [9.17, 15) is 14.7 Å². The number of carboxylic acid groups (broad SMARTS) is 1. The number of carbonyl (C=O) groups excluding carboxylic acids is 2. The Balaban J connectivity index is 4.25. The van der Waals surface area contributed by atoms with Crippen LogP contribution in [0, 0.1) is 0 Å². The topological polar surface area (TPSA) is 83.0 Å². The van der Waals surface area contributed by atoms with Gasteiger partial charge in [-0.25, -0.2) is 4.79 Å². The number of carboxylic acids is 1. The standard InChI is InChI=1S/C10H19NO4/c1-4-6-8(10(14)15-5-2)11-7(3)9(12)13/h7-8,11H,4-6H2,1-3H3,(H,12,13)/t7-,8-/m0/s1. The van der Waals surface area contributed by atoms with E-state index in [1.54, 1.807) is 6.92 Å². The van der Waals surface area contributed by atoms with E-state index in [1.165, 1.54) is 12.2 Å². The molecule has 0 saturated heterocycles. The van der Waals surface area contributed by atoms with Crippen LogP contribution in [0.4, 0.5) is 0 Å². The van der Waals surface area contributed by atoms with Gasteiger partial charge in [-0.3, -0.25) is 0 Å². The molecule has 0 heterocycles. The Hall–Kier alpha value is -1.10. The molecule has 0 aromatic carbocycles. The van der Waals surface area contributed by atoms with E-state index in [1.807, 2.05) is 6.92 Å². The van der Waals surface area contributed by atoms with Crippen LogP contribution in [-0.2, 0) is 14.3 Å². The van der Waals surface area contributed by atoms with Gasteiger partial charge in [0, 0.05) is 6.42 Å². The maximum atomic E-state index is 11.4. The third kappa shape index (κ3) is 5.37. The molecule has 0 rings (SSSR count). The second kappa shape index (κ2) is 7.23. The maximum Gasteiger partial charge on any atom is 0.364 e. The van der Waals surface area contributed by atoms with E-state index in [4.69, 9.17) is 4.74 Å². The molecule has 0 spiro atoms. The number of rotatable bonds is 7. The van der Waals surface area contributed by atoms with Crippen molar-refractivity contribution in [1.29, 1.82) is 0 Å². The third-order valence-electron chi connectivity index (χ3n) is 2.08. The molecule has 88 valence electrons. The molecular formula is C10H19NO4. The van der Waals surface area contributed by atoms with E-state index in [0.717, 1.165) is 6.42 Å². The molecule has 2 N–H and O–H groups in total. The van der Waals surface area contributed by atoms with Crippen molar-refractivity contribution < 1.29 is 24.7 Å². The molecule has 0 aromatic heterocycles. The minimum Gasteiger partial charge on any atom is -0.544 e. The molecule has 0 radical (unpaired) electrons. The molecule has 5 heteroatoms. The molecule has 0 aromatic rings. The van der Waals surface area contributed by atoms with Crippen LogP contribution in [0.5, 0.6) is 0 Å². The first-order valence-corrected chi connectivity index (χ1v) is 5.25. The molecule has 0 saturated carbocycles. The van der Waals surface area contributed by atoms with Crippen LogP contribution in [0.15, 0.2) is 0 Å². The zero-order chi connectivity index (χ0) is 11.8. The number of aliphatic carboxylic acids is 1. The van der Waals surface area contributed by atoms with E-state index >= 15 is 0 Å². The van der Waals surface area contributed by atoms with Gasteiger partial charge in [0.05, 0.1) is 12.6 Å². The summed E-state index contributed by atoms with van der Waals surface area (Å²) in [4.78, 5) is 21.9. The Morgan fingerprint density at radius 3 is 2.40 bits per heavy atom. The van der Waals surface area contributed by atoms with E-state index < -0.39 is 18.1 Å². The highest BCUT2D eigenvalue weighted by Crippen LogP contribution is 1.95. The summed E-state index contributed by atoms with van der Waals surface area (Å²) in [5, 5.41) is 12.0. The van der Waals surface area contributed by atoms with Crippen molar-refractivity contribution >= 4 is 11.9 Å². The second-order valence-corrected chi connectivity index (χ2v) is 3.45. The average Bonchev–Trinajstić information content (AvgIpc) is 2.17.